The number of carbonyl (C=O) groups excluding carboxylic acids is 1. The summed E-state index contributed by atoms with van der Waals surface area (Å²) in [5.41, 5.74) is 0.631. The number of amides is 1. The van der Waals surface area contributed by atoms with Crippen LogP contribution in [0.3, 0.4) is 0 Å². The molecule has 5 fully saturated rings. The molecule has 7 rings (SSSR count). The predicted molar refractivity (Wildman–Crippen MR) is 122 cm³/mol. The fourth-order valence-electron chi connectivity index (χ4n) is 6.43. The second-order valence-electron chi connectivity index (χ2n) is 9.94. The van der Waals surface area contributed by atoms with Crippen molar-refractivity contribution in [2.24, 2.45) is 23.7 Å². The molecule has 5 aliphatic rings. The molecular weight excluding hydrogens is 404 g/mol. The average molecular weight is 439 g/mol. The number of nitrogens with zero attached hydrogens (tertiary/aromatic N) is 1. The third-order valence-electron chi connectivity index (χ3n) is 7.70. The summed E-state index contributed by atoms with van der Waals surface area (Å²) in [5, 5.41) is 22.3. The van der Waals surface area contributed by atoms with Gasteiger partial charge in [0.2, 0.25) is 0 Å². The van der Waals surface area contributed by atoms with E-state index < -0.39 is 0 Å². The fourth-order valence-corrected chi connectivity index (χ4v) is 6.43. The van der Waals surface area contributed by atoms with Crippen molar-refractivity contribution >= 4 is 11.7 Å². The number of aromatic hydroxyl groups is 1. The topological polar surface area (TPSA) is 99.3 Å². The standard InChI is InChI=1S/C19H28N4O2.C6H6O/c24-19(16-10-21-23-18(16)20-9-15-2-1-3-25-15)22-17-13-5-11-4-12(7-13)8-14(17)6-11;7-6-4-2-1-3-5-6/h10-15,17H,1-9H2,(H,22,24)(H2,20,21,23);1-5,7H. The molecular formula is C25H34N4O3. The van der Waals surface area contributed by atoms with Crippen molar-refractivity contribution in [3.05, 3.63) is 42.1 Å². The van der Waals surface area contributed by atoms with E-state index in [0.717, 1.165) is 43.6 Å². The Morgan fingerprint density at radius 3 is 2.41 bits per heavy atom. The van der Waals surface area contributed by atoms with E-state index in [1.165, 1.54) is 32.1 Å². The van der Waals surface area contributed by atoms with Crippen LogP contribution < -0.4 is 10.6 Å². The Hall–Kier alpha value is -2.54. The SMILES string of the molecule is O=C(NC1C2CC3CC(C2)CC1C3)c1cn[nH]c1NCC1CCCO1.Oc1ccccc1. The van der Waals surface area contributed by atoms with Crippen molar-refractivity contribution < 1.29 is 14.6 Å². The molecule has 0 radical (unpaired) electrons. The molecule has 1 amide bonds. The number of hydrogen-bond donors (Lipinski definition) is 4. The van der Waals surface area contributed by atoms with Crippen molar-refractivity contribution in [3.63, 3.8) is 0 Å². The van der Waals surface area contributed by atoms with Gasteiger partial charge >= 0.3 is 0 Å². The number of para-hydroxylation sites is 1. The number of nitrogens with one attached hydrogen (secondary N) is 3. The van der Waals surface area contributed by atoms with Gasteiger partial charge in [0.15, 0.2) is 0 Å². The van der Waals surface area contributed by atoms with E-state index in [0.29, 0.717) is 29.2 Å². The van der Waals surface area contributed by atoms with Crippen molar-refractivity contribution in [1.29, 1.82) is 0 Å². The number of aromatic nitrogens is 2. The van der Waals surface area contributed by atoms with Crippen LogP contribution in [0.5, 0.6) is 5.75 Å². The van der Waals surface area contributed by atoms with Crippen LogP contribution in [-0.4, -0.2) is 46.5 Å². The van der Waals surface area contributed by atoms with Crippen LogP contribution in [0.1, 0.15) is 55.3 Å². The normalized spacial score (nSPS) is 32.2. The summed E-state index contributed by atoms with van der Waals surface area (Å²) in [6, 6.07) is 9.07. The van der Waals surface area contributed by atoms with Crippen molar-refractivity contribution in [2.45, 2.75) is 57.1 Å². The van der Waals surface area contributed by atoms with Gasteiger partial charge in [0.25, 0.3) is 5.91 Å². The monoisotopic (exact) mass is 438 g/mol. The zero-order chi connectivity index (χ0) is 21.9. The highest BCUT2D eigenvalue weighted by Gasteiger charge is 2.48. The number of phenolic OH excluding ortho intramolecular Hbond substituents is 1. The molecule has 1 aromatic heterocycles. The number of anilines is 1. The molecule has 4 bridgehead atoms. The third kappa shape index (κ3) is 4.77. The maximum atomic E-state index is 12.9. The maximum Gasteiger partial charge on any atom is 0.256 e. The van der Waals surface area contributed by atoms with Gasteiger partial charge in [-0.2, -0.15) is 5.10 Å². The molecule has 0 spiro atoms. The van der Waals surface area contributed by atoms with E-state index in [1.54, 1.807) is 30.5 Å². The van der Waals surface area contributed by atoms with Crippen molar-refractivity contribution in [1.82, 2.24) is 15.5 Å². The molecule has 1 saturated heterocycles. The first-order valence-electron chi connectivity index (χ1n) is 12.1. The van der Waals surface area contributed by atoms with Gasteiger partial charge < -0.3 is 20.5 Å². The number of phenols is 1. The average Bonchev–Trinajstić information content (AvgIpc) is 3.47. The maximum absolute atomic E-state index is 12.9. The number of aromatic amines is 1. The summed E-state index contributed by atoms with van der Waals surface area (Å²) in [7, 11) is 0. The minimum Gasteiger partial charge on any atom is -0.508 e. The van der Waals surface area contributed by atoms with Gasteiger partial charge in [-0.3, -0.25) is 9.89 Å². The predicted octanol–water partition coefficient (Wildman–Crippen LogP) is 3.95. The van der Waals surface area contributed by atoms with Crippen LogP contribution in [0, 0.1) is 23.7 Å². The Balaban J connectivity index is 0.000000265. The highest BCUT2D eigenvalue weighted by atomic mass is 16.5. The summed E-state index contributed by atoms with van der Waals surface area (Å²) < 4.78 is 5.64. The number of hydrogen-bond acceptors (Lipinski definition) is 5. The van der Waals surface area contributed by atoms with E-state index in [1.807, 2.05) is 6.07 Å². The Kier molecular flexibility index (Phi) is 6.35. The fraction of sp³-hybridized carbons (Fsp3) is 0.600. The van der Waals surface area contributed by atoms with Gasteiger partial charge in [0.1, 0.15) is 17.1 Å². The van der Waals surface area contributed by atoms with Gasteiger partial charge in [0.05, 0.1) is 12.3 Å². The molecule has 172 valence electrons. The lowest BCUT2D eigenvalue weighted by Crippen LogP contribution is -2.55. The summed E-state index contributed by atoms with van der Waals surface area (Å²) >= 11 is 0. The lowest BCUT2D eigenvalue weighted by atomic mass is 9.54. The van der Waals surface area contributed by atoms with E-state index in [4.69, 9.17) is 9.84 Å². The molecule has 32 heavy (non-hydrogen) atoms. The van der Waals surface area contributed by atoms with Crippen molar-refractivity contribution in [3.8, 4) is 5.75 Å². The number of rotatable bonds is 5. The zero-order valence-electron chi connectivity index (χ0n) is 18.5. The van der Waals surface area contributed by atoms with Crippen LogP contribution in [0.15, 0.2) is 36.5 Å². The lowest BCUT2D eigenvalue weighted by Gasteiger charge is -2.54. The molecule has 1 unspecified atom stereocenters. The third-order valence-corrected chi connectivity index (χ3v) is 7.70. The van der Waals surface area contributed by atoms with Gasteiger partial charge in [-0.05, 0) is 80.8 Å². The Morgan fingerprint density at radius 2 is 1.81 bits per heavy atom. The first kappa shape index (κ1) is 21.3. The van der Waals surface area contributed by atoms with Gasteiger partial charge in [-0.1, -0.05) is 18.2 Å². The first-order chi connectivity index (χ1) is 15.7. The van der Waals surface area contributed by atoms with Crippen LogP contribution >= 0.6 is 0 Å². The summed E-state index contributed by atoms with van der Waals surface area (Å²) in [6.07, 6.45) is 10.8. The lowest BCUT2D eigenvalue weighted by molar-refractivity contribution is -0.0119. The molecule has 1 aromatic carbocycles. The van der Waals surface area contributed by atoms with Crippen LogP contribution in [0.25, 0.3) is 0 Å². The summed E-state index contributed by atoms with van der Waals surface area (Å²) in [6.45, 7) is 1.57. The quantitative estimate of drug-likeness (QED) is 0.567. The van der Waals surface area contributed by atoms with Crippen LogP contribution in [0.2, 0.25) is 0 Å². The van der Waals surface area contributed by atoms with Gasteiger partial charge in [-0.25, -0.2) is 0 Å². The van der Waals surface area contributed by atoms with E-state index in [2.05, 4.69) is 20.8 Å². The first-order valence-corrected chi connectivity index (χ1v) is 12.1. The zero-order valence-corrected chi connectivity index (χ0v) is 18.5. The second kappa shape index (κ2) is 9.53. The molecule has 1 atom stereocenters. The minimum absolute atomic E-state index is 0.0149. The molecule has 4 aliphatic carbocycles. The van der Waals surface area contributed by atoms with Crippen molar-refractivity contribution in [2.75, 3.05) is 18.5 Å². The number of carbonyl (C=O) groups is 1. The molecule has 1 aliphatic heterocycles. The highest BCUT2D eigenvalue weighted by Crippen LogP contribution is 2.53. The molecule has 7 nitrogen and oxygen atoms in total. The van der Waals surface area contributed by atoms with Crippen LogP contribution in [0.4, 0.5) is 5.82 Å². The van der Waals surface area contributed by atoms with E-state index >= 15 is 0 Å². The minimum atomic E-state index is 0.0149. The summed E-state index contributed by atoms with van der Waals surface area (Å²) in [5.74, 6) is 4.28. The Bertz CT molecular complexity index is 866. The molecule has 2 aromatic rings. The van der Waals surface area contributed by atoms with Gasteiger partial charge in [0, 0.05) is 19.2 Å². The molecule has 4 N–H and O–H groups in total. The molecule has 7 heteroatoms. The highest BCUT2D eigenvalue weighted by molar-refractivity contribution is 5.98. The Labute approximate surface area is 189 Å². The largest absolute Gasteiger partial charge is 0.508 e. The van der Waals surface area contributed by atoms with E-state index in [-0.39, 0.29) is 12.0 Å². The number of benzene rings is 1. The summed E-state index contributed by atoms with van der Waals surface area (Å²) in [4.78, 5) is 12.9. The number of ether oxygens (including phenoxy) is 1. The van der Waals surface area contributed by atoms with E-state index in [9.17, 15) is 4.79 Å². The van der Waals surface area contributed by atoms with Crippen LogP contribution in [-0.2, 0) is 4.74 Å². The molecule has 4 saturated carbocycles. The van der Waals surface area contributed by atoms with Gasteiger partial charge in [-0.15, -0.1) is 0 Å². The molecule has 2 heterocycles. The number of H-pyrrole nitrogens is 1. The smallest absolute Gasteiger partial charge is 0.256 e. The second-order valence-corrected chi connectivity index (χ2v) is 9.94. The Morgan fingerprint density at radius 1 is 1.09 bits per heavy atom.